The molecule has 0 unspecified atom stereocenters. The Bertz CT molecular complexity index is 1160. The largest absolute Gasteiger partial charge is 0.452 e. The number of fused-ring (bicyclic) bond motifs is 1. The molecule has 0 aromatic heterocycles. The van der Waals surface area contributed by atoms with Crippen LogP contribution >= 0.6 is 11.6 Å². The molecule has 2 N–H and O–H groups in total. The van der Waals surface area contributed by atoms with Crippen LogP contribution in [0.1, 0.15) is 46.9 Å². The number of nitrogens with one attached hydrogen (secondary N) is 2. The molecule has 2 aliphatic rings. The second kappa shape index (κ2) is 10.3. The predicted octanol–water partition coefficient (Wildman–Crippen LogP) is 2.88. The molecule has 2 aromatic rings. The maximum atomic E-state index is 12.8. The number of anilines is 1. The number of rotatable bonds is 5. The lowest BCUT2D eigenvalue weighted by molar-refractivity contribution is -0.125. The Morgan fingerprint density at radius 1 is 0.914 bits per heavy atom. The summed E-state index contributed by atoms with van der Waals surface area (Å²) in [5, 5.41) is 0.469. The van der Waals surface area contributed by atoms with Crippen molar-refractivity contribution in [1.82, 2.24) is 10.9 Å². The van der Waals surface area contributed by atoms with Crippen LogP contribution in [-0.4, -0.2) is 36.2 Å². The van der Waals surface area contributed by atoms with Gasteiger partial charge in [-0.25, -0.2) is 4.79 Å². The molecule has 10 heteroatoms. The number of imide groups is 1. The van der Waals surface area contributed by atoms with Gasteiger partial charge >= 0.3 is 5.97 Å². The second-order valence-corrected chi connectivity index (χ2v) is 9.21. The summed E-state index contributed by atoms with van der Waals surface area (Å²) >= 11 is 5.77. The third-order valence-corrected chi connectivity index (χ3v) is 6.56. The first-order chi connectivity index (χ1) is 16.7. The number of benzene rings is 2. The third kappa shape index (κ3) is 5.35. The van der Waals surface area contributed by atoms with Crippen molar-refractivity contribution < 1.29 is 28.7 Å². The van der Waals surface area contributed by atoms with E-state index in [9.17, 15) is 24.0 Å². The van der Waals surface area contributed by atoms with Crippen LogP contribution in [0.3, 0.4) is 0 Å². The Hall–Kier alpha value is -3.72. The van der Waals surface area contributed by atoms with Gasteiger partial charge in [0.1, 0.15) is 0 Å². The summed E-state index contributed by atoms with van der Waals surface area (Å²) < 4.78 is 4.97. The van der Waals surface area contributed by atoms with Gasteiger partial charge in [0.25, 0.3) is 11.8 Å². The minimum absolute atomic E-state index is 0.150. The highest BCUT2D eigenvalue weighted by Gasteiger charge is 2.49. The summed E-state index contributed by atoms with van der Waals surface area (Å²) in [6, 6.07) is 11.9. The highest BCUT2D eigenvalue weighted by molar-refractivity contribution is 6.30. The SMILES string of the molecule is C[C@@H]1CC[C@@H]2C(=O)N(c3ccc(C(=O)OCC(=O)NNC(=O)c4ccc(Cl)cc4)cc3)C(=O)[C@H]2C1. The Labute approximate surface area is 206 Å². The van der Waals surface area contributed by atoms with Crippen molar-refractivity contribution in [3.63, 3.8) is 0 Å². The lowest BCUT2D eigenvalue weighted by atomic mass is 9.76. The molecule has 0 radical (unpaired) electrons. The average molecular weight is 498 g/mol. The number of hydrogen-bond acceptors (Lipinski definition) is 6. The van der Waals surface area contributed by atoms with Gasteiger partial charge in [-0.3, -0.25) is 34.9 Å². The number of hydrazine groups is 1. The van der Waals surface area contributed by atoms with Gasteiger partial charge in [-0.1, -0.05) is 18.5 Å². The van der Waals surface area contributed by atoms with Crippen LogP contribution in [0.5, 0.6) is 0 Å². The normalized spacial score (nSPS) is 21.3. The number of amides is 4. The first-order valence-corrected chi connectivity index (χ1v) is 11.6. The second-order valence-electron chi connectivity index (χ2n) is 8.78. The van der Waals surface area contributed by atoms with Crippen LogP contribution in [0, 0.1) is 17.8 Å². The molecule has 1 saturated heterocycles. The zero-order valence-electron chi connectivity index (χ0n) is 19.0. The number of esters is 1. The van der Waals surface area contributed by atoms with Crippen LogP contribution < -0.4 is 15.8 Å². The van der Waals surface area contributed by atoms with Gasteiger partial charge in [0.05, 0.1) is 23.1 Å². The van der Waals surface area contributed by atoms with Crippen molar-refractivity contribution in [2.75, 3.05) is 11.5 Å². The van der Waals surface area contributed by atoms with E-state index in [1.807, 2.05) is 0 Å². The Morgan fingerprint density at radius 2 is 1.54 bits per heavy atom. The maximum Gasteiger partial charge on any atom is 0.338 e. The number of hydrogen-bond donors (Lipinski definition) is 2. The summed E-state index contributed by atoms with van der Waals surface area (Å²) in [6.07, 6.45) is 2.34. The van der Waals surface area contributed by atoms with Crippen LogP contribution in [-0.2, 0) is 19.1 Å². The molecule has 1 aliphatic heterocycles. The van der Waals surface area contributed by atoms with E-state index in [1.54, 1.807) is 0 Å². The third-order valence-electron chi connectivity index (χ3n) is 6.31. The van der Waals surface area contributed by atoms with Gasteiger partial charge in [0.2, 0.25) is 11.8 Å². The minimum Gasteiger partial charge on any atom is -0.452 e. The van der Waals surface area contributed by atoms with Crippen molar-refractivity contribution in [3.8, 4) is 0 Å². The van der Waals surface area contributed by atoms with E-state index >= 15 is 0 Å². The van der Waals surface area contributed by atoms with Crippen LogP contribution in [0.15, 0.2) is 48.5 Å². The van der Waals surface area contributed by atoms with Crippen molar-refractivity contribution in [2.45, 2.75) is 26.2 Å². The fourth-order valence-electron chi connectivity index (χ4n) is 4.44. The molecule has 9 nitrogen and oxygen atoms in total. The first-order valence-electron chi connectivity index (χ1n) is 11.2. The van der Waals surface area contributed by atoms with Crippen molar-refractivity contribution in [2.24, 2.45) is 17.8 Å². The minimum atomic E-state index is -0.766. The Morgan fingerprint density at radius 3 is 2.23 bits per heavy atom. The van der Waals surface area contributed by atoms with E-state index in [1.165, 1.54) is 53.4 Å². The van der Waals surface area contributed by atoms with Crippen LogP contribution in [0.25, 0.3) is 0 Å². The molecule has 1 heterocycles. The lowest BCUT2D eigenvalue weighted by Gasteiger charge is -2.25. The predicted molar refractivity (Wildman–Crippen MR) is 126 cm³/mol. The standard InChI is InChI=1S/C25H24ClN3O6/c1-14-2-11-19-20(12-14)24(33)29(23(19)32)18-9-5-16(6-10-18)25(34)35-13-21(30)27-28-22(31)15-3-7-17(26)8-4-15/h3-10,14,19-20H,2,11-13H2,1H3,(H,27,30)(H,28,31)/t14-,19+,20+/m1/s1. The van der Waals surface area contributed by atoms with E-state index in [-0.39, 0.29) is 34.8 Å². The summed E-state index contributed by atoms with van der Waals surface area (Å²) in [6.45, 7) is 1.47. The topological polar surface area (TPSA) is 122 Å². The number of carbonyl (C=O) groups excluding carboxylic acids is 5. The zero-order chi connectivity index (χ0) is 25.1. The molecule has 2 aromatic carbocycles. The number of halogens is 1. The number of nitrogens with zero attached hydrogens (tertiary/aromatic N) is 1. The van der Waals surface area contributed by atoms with E-state index < -0.39 is 24.4 Å². The summed E-state index contributed by atoms with van der Waals surface area (Å²) in [7, 11) is 0. The maximum absolute atomic E-state index is 12.8. The molecule has 4 amide bonds. The Balaban J connectivity index is 1.28. The molecule has 1 saturated carbocycles. The molecule has 182 valence electrons. The summed E-state index contributed by atoms with van der Waals surface area (Å²) in [4.78, 5) is 63.0. The quantitative estimate of drug-likeness (QED) is 0.372. The smallest absolute Gasteiger partial charge is 0.338 e. The lowest BCUT2D eigenvalue weighted by Crippen LogP contribution is -2.43. The number of carbonyl (C=O) groups is 5. The monoisotopic (exact) mass is 497 g/mol. The average Bonchev–Trinajstić information content (AvgIpc) is 3.10. The zero-order valence-corrected chi connectivity index (χ0v) is 19.7. The molecule has 0 bridgehead atoms. The van der Waals surface area contributed by atoms with E-state index in [0.717, 1.165) is 6.42 Å². The fourth-order valence-corrected chi connectivity index (χ4v) is 4.57. The summed E-state index contributed by atoms with van der Waals surface area (Å²) in [5.41, 5.74) is 5.21. The van der Waals surface area contributed by atoms with Crippen molar-refractivity contribution >= 4 is 46.9 Å². The van der Waals surface area contributed by atoms with Gasteiger partial charge < -0.3 is 4.74 Å². The van der Waals surface area contributed by atoms with Gasteiger partial charge in [-0.05, 0) is 73.7 Å². The van der Waals surface area contributed by atoms with Gasteiger partial charge in [-0.15, -0.1) is 0 Å². The van der Waals surface area contributed by atoms with Crippen molar-refractivity contribution in [1.29, 1.82) is 0 Å². The molecule has 4 rings (SSSR count). The molecule has 2 fully saturated rings. The van der Waals surface area contributed by atoms with Gasteiger partial charge in [0.15, 0.2) is 6.61 Å². The van der Waals surface area contributed by atoms with Gasteiger partial charge in [-0.2, -0.15) is 0 Å². The summed E-state index contributed by atoms with van der Waals surface area (Å²) in [5.74, 6) is -2.60. The molecule has 0 spiro atoms. The van der Waals surface area contributed by atoms with Gasteiger partial charge in [0, 0.05) is 10.6 Å². The molecule has 35 heavy (non-hydrogen) atoms. The molecular weight excluding hydrogens is 474 g/mol. The molecule has 1 aliphatic carbocycles. The number of ether oxygens (including phenoxy) is 1. The molecular formula is C25H24ClN3O6. The highest BCUT2D eigenvalue weighted by Crippen LogP contribution is 2.42. The first kappa shape index (κ1) is 24.4. The van der Waals surface area contributed by atoms with Crippen molar-refractivity contribution in [3.05, 3.63) is 64.7 Å². The van der Waals surface area contributed by atoms with E-state index in [2.05, 4.69) is 17.8 Å². The van der Waals surface area contributed by atoms with E-state index in [0.29, 0.717) is 29.5 Å². The van der Waals surface area contributed by atoms with Crippen LogP contribution in [0.4, 0.5) is 5.69 Å². The highest BCUT2D eigenvalue weighted by atomic mass is 35.5. The Kier molecular flexibility index (Phi) is 7.16. The fraction of sp³-hybridized carbons (Fsp3) is 0.320. The van der Waals surface area contributed by atoms with Crippen LogP contribution in [0.2, 0.25) is 5.02 Å². The molecule has 3 atom stereocenters. The van der Waals surface area contributed by atoms with E-state index in [4.69, 9.17) is 16.3 Å².